The van der Waals surface area contributed by atoms with Crippen LogP contribution in [0, 0.1) is 6.61 Å². The van der Waals surface area contributed by atoms with E-state index in [-0.39, 0.29) is 5.60 Å². The van der Waals surface area contributed by atoms with E-state index < -0.39 is 0 Å². The first kappa shape index (κ1) is 8.75. The van der Waals surface area contributed by atoms with Crippen molar-refractivity contribution in [3.05, 3.63) is 29.0 Å². The Morgan fingerprint density at radius 2 is 2.18 bits per heavy atom. The number of hydrogen-bond donors (Lipinski definition) is 0. The number of ether oxygens (including phenoxy) is 1. The van der Waals surface area contributed by atoms with Crippen molar-refractivity contribution < 1.29 is 4.74 Å². The molecular formula is C9H13OS. The van der Waals surface area contributed by atoms with Gasteiger partial charge in [0.2, 0.25) is 0 Å². The molecule has 0 saturated heterocycles. The van der Waals surface area contributed by atoms with Gasteiger partial charge < -0.3 is 4.74 Å². The molecule has 0 bridgehead atoms. The van der Waals surface area contributed by atoms with Gasteiger partial charge in [-0.05, 0) is 32.2 Å². The molecule has 0 atom stereocenters. The van der Waals surface area contributed by atoms with Crippen molar-refractivity contribution in [1.82, 2.24) is 0 Å². The molecule has 1 rings (SSSR count). The van der Waals surface area contributed by atoms with E-state index in [1.165, 1.54) is 4.88 Å². The minimum Gasteiger partial charge on any atom is -0.364 e. The Bertz CT molecular complexity index is 196. The van der Waals surface area contributed by atoms with Gasteiger partial charge in [-0.15, -0.1) is 11.3 Å². The van der Waals surface area contributed by atoms with Crippen molar-refractivity contribution in [2.75, 3.05) is 0 Å². The number of hydrogen-bond acceptors (Lipinski definition) is 2. The zero-order chi connectivity index (χ0) is 8.32. The summed E-state index contributed by atoms with van der Waals surface area (Å²) in [6, 6.07) is 4.05. The average Bonchev–Trinajstić information content (AvgIpc) is 2.32. The zero-order valence-electron chi connectivity index (χ0n) is 7.13. The maximum Gasteiger partial charge on any atom is 0.123 e. The summed E-state index contributed by atoms with van der Waals surface area (Å²) in [7, 11) is 0. The minimum absolute atomic E-state index is 0.0794. The summed E-state index contributed by atoms with van der Waals surface area (Å²) in [4.78, 5) is 1.17. The zero-order valence-corrected chi connectivity index (χ0v) is 7.94. The molecular weight excluding hydrogens is 156 g/mol. The molecule has 1 aromatic heterocycles. The van der Waals surface area contributed by atoms with Gasteiger partial charge in [0.05, 0.1) is 5.60 Å². The Hall–Kier alpha value is -0.340. The van der Waals surface area contributed by atoms with Crippen LogP contribution >= 0.6 is 11.3 Å². The van der Waals surface area contributed by atoms with Gasteiger partial charge in [0, 0.05) is 4.88 Å². The Morgan fingerprint density at radius 1 is 1.45 bits per heavy atom. The van der Waals surface area contributed by atoms with Gasteiger partial charge in [-0.25, -0.2) is 0 Å². The van der Waals surface area contributed by atoms with Gasteiger partial charge in [-0.2, -0.15) is 0 Å². The lowest BCUT2D eigenvalue weighted by Crippen LogP contribution is -2.17. The van der Waals surface area contributed by atoms with Gasteiger partial charge >= 0.3 is 0 Å². The normalized spacial score (nSPS) is 11.9. The monoisotopic (exact) mass is 169 g/mol. The van der Waals surface area contributed by atoms with Gasteiger partial charge in [0.15, 0.2) is 0 Å². The van der Waals surface area contributed by atoms with Crippen LogP contribution in [0.1, 0.15) is 25.6 Å². The molecule has 0 aliphatic rings. The summed E-state index contributed by atoms with van der Waals surface area (Å²) < 4.78 is 5.46. The Balaban J connectivity index is 2.35. The topological polar surface area (TPSA) is 9.23 Å². The fraction of sp³-hybridized carbons (Fsp3) is 0.444. The molecule has 1 nitrogen and oxygen atoms in total. The average molecular weight is 169 g/mol. The molecule has 0 aliphatic heterocycles. The fourth-order valence-corrected chi connectivity index (χ4v) is 1.17. The van der Waals surface area contributed by atoms with Crippen LogP contribution in [0.4, 0.5) is 0 Å². The van der Waals surface area contributed by atoms with Crippen molar-refractivity contribution in [2.24, 2.45) is 0 Å². The highest BCUT2D eigenvalue weighted by molar-refractivity contribution is 7.10. The van der Waals surface area contributed by atoms with Crippen LogP contribution < -0.4 is 0 Å². The summed E-state index contributed by atoms with van der Waals surface area (Å²) in [5.74, 6) is 0. The molecule has 0 amide bonds. The lowest BCUT2D eigenvalue weighted by Gasteiger charge is -2.17. The maximum absolute atomic E-state index is 5.46. The van der Waals surface area contributed by atoms with Crippen molar-refractivity contribution in [1.29, 1.82) is 0 Å². The van der Waals surface area contributed by atoms with Crippen LogP contribution in [0.3, 0.4) is 0 Å². The molecule has 1 radical (unpaired) electrons. The van der Waals surface area contributed by atoms with Crippen molar-refractivity contribution in [3.63, 3.8) is 0 Å². The van der Waals surface area contributed by atoms with Crippen LogP contribution in [0.5, 0.6) is 0 Å². The molecule has 1 aromatic rings. The van der Waals surface area contributed by atoms with Crippen LogP contribution in [-0.2, 0) is 4.74 Å². The highest BCUT2D eigenvalue weighted by Crippen LogP contribution is 2.16. The van der Waals surface area contributed by atoms with E-state index in [4.69, 9.17) is 4.74 Å². The lowest BCUT2D eigenvalue weighted by atomic mass is 10.2. The van der Waals surface area contributed by atoms with Crippen molar-refractivity contribution in [2.45, 2.75) is 26.4 Å². The third kappa shape index (κ3) is 3.54. The second-order valence-electron chi connectivity index (χ2n) is 3.36. The van der Waals surface area contributed by atoms with Crippen molar-refractivity contribution >= 4 is 11.3 Å². The van der Waals surface area contributed by atoms with Crippen LogP contribution in [0.2, 0.25) is 0 Å². The van der Waals surface area contributed by atoms with E-state index in [9.17, 15) is 0 Å². The van der Waals surface area contributed by atoms with Gasteiger partial charge in [-0.1, -0.05) is 6.07 Å². The van der Waals surface area contributed by atoms with Crippen LogP contribution in [0.25, 0.3) is 0 Å². The molecule has 0 aliphatic carbocycles. The van der Waals surface area contributed by atoms with E-state index in [1.54, 1.807) is 11.3 Å². The first-order valence-electron chi connectivity index (χ1n) is 3.62. The molecule has 0 fully saturated rings. The smallest absolute Gasteiger partial charge is 0.123 e. The summed E-state index contributed by atoms with van der Waals surface area (Å²) in [6.07, 6.45) is 0. The molecule has 0 N–H and O–H groups in total. The third-order valence-corrected chi connectivity index (χ3v) is 1.87. The largest absolute Gasteiger partial charge is 0.364 e. The lowest BCUT2D eigenvalue weighted by molar-refractivity contribution is 0.0519. The SMILES string of the molecule is CC(C)(C)O[CH]c1cccs1. The number of thiophene rings is 1. The fourth-order valence-electron chi connectivity index (χ4n) is 0.593. The second kappa shape index (κ2) is 3.37. The quantitative estimate of drug-likeness (QED) is 0.661. The van der Waals surface area contributed by atoms with E-state index in [0.717, 1.165) is 0 Å². The predicted octanol–water partition coefficient (Wildman–Crippen LogP) is 3.07. The summed E-state index contributed by atoms with van der Waals surface area (Å²) in [5.41, 5.74) is -0.0794. The Kier molecular flexibility index (Phi) is 2.68. The van der Waals surface area contributed by atoms with Crippen LogP contribution in [-0.4, -0.2) is 5.60 Å². The molecule has 11 heavy (non-hydrogen) atoms. The third-order valence-electron chi connectivity index (χ3n) is 1.07. The minimum atomic E-state index is -0.0794. The summed E-state index contributed by atoms with van der Waals surface area (Å²) in [5, 5.41) is 2.04. The molecule has 1 heterocycles. The standard InChI is InChI=1S/C9H13OS/c1-9(2,3)10-7-8-5-4-6-11-8/h4-7H,1-3H3. The van der Waals surface area contributed by atoms with Crippen LogP contribution in [0.15, 0.2) is 17.5 Å². The van der Waals surface area contributed by atoms with E-state index >= 15 is 0 Å². The highest BCUT2D eigenvalue weighted by atomic mass is 32.1. The maximum atomic E-state index is 5.46. The first-order valence-corrected chi connectivity index (χ1v) is 4.50. The van der Waals surface area contributed by atoms with E-state index in [2.05, 4.69) is 0 Å². The Morgan fingerprint density at radius 3 is 2.64 bits per heavy atom. The second-order valence-corrected chi connectivity index (χ2v) is 4.34. The predicted molar refractivity (Wildman–Crippen MR) is 48.6 cm³/mol. The summed E-state index contributed by atoms with van der Waals surface area (Å²) in [6.45, 7) is 7.93. The molecule has 61 valence electrons. The summed E-state index contributed by atoms with van der Waals surface area (Å²) >= 11 is 1.68. The molecule has 0 saturated carbocycles. The van der Waals surface area contributed by atoms with Gasteiger partial charge in [0.1, 0.15) is 6.61 Å². The highest BCUT2D eigenvalue weighted by Gasteiger charge is 2.10. The van der Waals surface area contributed by atoms with Crippen molar-refractivity contribution in [3.8, 4) is 0 Å². The molecule has 0 spiro atoms. The number of rotatable bonds is 2. The molecule has 0 unspecified atom stereocenters. The molecule has 0 aromatic carbocycles. The first-order chi connectivity index (χ1) is 5.08. The van der Waals surface area contributed by atoms with E-state index in [0.29, 0.717) is 0 Å². The molecule has 2 heteroatoms. The van der Waals surface area contributed by atoms with Gasteiger partial charge in [-0.3, -0.25) is 0 Å². The Labute approximate surface area is 72.0 Å². The van der Waals surface area contributed by atoms with E-state index in [1.807, 2.05) is 44.9 Å². The van der Waals surface area contributed by atoms with Gasteiger partial charge in [0.25, 0.3) is 0 Å².